The van der Waals surface area contributed by atoms with E-state index in [-0.39, 0.29) is 0 Å². The highest BCUT2D eigenvalue weighted by atomic mass is 32.1. The third-order valence-corrected chi connectivity index (χ3v) is 12.9. The molecule has 0 fully saturated rings. The van der Waals surface area contributed by atoms with Crippen LogP contribution in [0.3, 0.4) is 0 Å². The quantitative estimate of drug-likeness (QED) is 0.170. The lowest BCUT2D eigenvalue weighted by Crippen LogP contribution is -1.98. The molecule has 11 rings (SSSR count). The van der Waals surface area contributed by atoms with Gasteiger partial charge in [-0.15, -0.1) is 22.7 Å². The number of fused-ring (bicyclic) bond motifs is 6. The molecule has 56 heavy (non-hydrogen) atoms. The Hall–Kier alpha value is -6.79. The van der Waals surface area contributed by atoms with E-state index in [9.17, 15) is 0 Å². The summed E-state index contributed by atoms with van der Waals surface area (Å²) >= 11 is 3.69. The van der Waals surface area contributed by atoms with Crippen LogP contribution < -0.4 is 0 Å². The first-order valence-electron chi connectivity index (χ1n) is 18.6. The standard InChI is InChI=1S/C51H31N3S2/c1-2-11-32(12-3-1)45-30-46(40-15-5-4-14-39(40)35-13-10-24-52-31-35)54-51(53-45)38-26-36(33-20-22-43-41-16-6-8-18-47(41)55-49(43)28-33)25-37(27-38)34-21-23-44-42-17-7-9-19-48(42)56-50(44)29-34/h1-31H. The van der Waals surface area contributed by atoms with Crippen molar-refractivity contribution >= 4 is 63.0 Å². The number of hydrogen-bond acceptors (Lipinski definition) is 5. The first kappa shape index (κ1) is 32.6. The zero-order chi connectivity index (χ0) is 37.0. The highest BCUT2D eigenvalue weighted by Gasteiger charge is 2.17. The predicted octanol–water partition coefficient (Wildman–Crippen LogP) is 14.6. The van der Waals surface area contributed by atoms with Crippen molar-refractivity contribution < 1.29 is 0 Å². The topological polar surface area (TPSA) is 38.7 Å². The van der Waals surface area contributed by atoms with E-state index in [0.29, 0.717) is 5.82 Å². The first-order valence-corrected chi connectivity index (χ1v) is 20.3. The lowest BCUT2D eigenvalue weighted by Gasteiger charge is -2.15. The summed E-state index contributed by atoms with van der Waals surface area (Å²) in [6.07, 6.45) is 3.72. The van der Waals surface area contributed by atoms with Crippen molar-refractivity contribution in [3.8, 4) is 67.3 Å². The summed E-state index contributed by atoms with van der Waals surface area (Å²) in [4.78, 5) is 15.1. The molecule has 4 heterocycles. The number of thiophene rings is 2. The van der Waals surface area contributed by atoms with Gasteiger partial charge in [-0.1, -0.05) is 121 Å². The molecular formula is C51H31N3S2. The Labute approximate surface area is 331 Å². The van der Waals surface area contributed by atoms with Crippen LogP contribution in [-0.2, 0) is 0 Å². The van der Waals surface area contributed by atoms with Gasteiger partial charge in [-0.05, 0) is 82.4 Å². The van der Waals surface area contributed by atoms with Crippen LogP contribution in [0.2, 0.25) is 0 Å². The van der Waals surface area contributed by atoms with E-state index in [0.717, 1.165) is 61.5 Å². The Bertz CT molecular complexity index is 3120. The van der Waals surface area contributed by atoms with Crippen molar-refractivity contribution in [2.24, 2.45) is 0 Å². The summed E-state index contributed by atoms with van der Waals surface area (Å²) in [6, 6.07) is 63.0. The average molecular weight is 750 g/mol. The Kier molecular flexibility index (Phi) is 7.87. The van der Waals surface area contributed by atoms with Gasteiger partial charge in [0.25, 0.3) is 0 Å². The fraction of sp³-hybridized carbons (Fsp3) is 0. The summed E-state index contributed by atoms with van der Waals surface area (Å²) in [7, 11) is 0. The second-order valence-corrected chi connectivity index (χ2v) is 16.2. The second kappa shape index (κ2) is 13.5. The summed E-state index contributed by atoms with van der Waals surface area (Å²) in [5, 5.41) is 5.18. The average Bonchev–Trinajstić information content (AvgIpc) is 3.84. The molecule has 7 aromatic carbocycles. The monoisotopic (exact) mass is 749 g/mol. The van der Waals surface area contributed by atoms with Crippen molar-refractivity contribution in [3.05, 3.63) is 188 Å². The molecule has 0 amide bonds. The summed E-state index contributed by atoms with van der Waals surface area (Å²) in [5.74, 6) is 0.677. The number of aromatic nitrogens is 3. The molecule has 3 nitrogen and oxygen atoms in total. The van der Waals surface area contributed by atoms with E-state index < -0.39 is 0 Å². The highest BCUT2D eigenvalue weighted by molar-refractivity contribution is 7.26. The van der Waals surface area contributed by atoms with Crippen molar-refractivity contribution in [3.63, 3.8) is 0 Å². The van der Waals surface area contributed by atoms with Crippen LogP contribution in [0.4, 0.5) is 0 Å². The summed E-state index contributed by atoms with van der Waals surface area (Å²) in [5.41, 5.74) is 11.5. The lowest BCUT2D eigenvalue weighted by atomic mass is 9.94. The van der Waals surface area contributed by atoms with E-state index in [2.05, 4.69) is 169 Å². The van der Waals surface area contributed by atoms with Gasteiger partial charge in [-0.2, -0.15) is 0 Å². The summed E-state index contributed by atoms with van der Waals surface area (Å²) in [6.45, 7) is 0. The van der Waals surface area contributed by atoms with Crippen molar-refractivity contribution in [1.82, 2.24) is 15.0 Å². The largest absolute Gasteiger partial charge is 0.264 e. The van der Waals surface area contributed by atoms with Crippen molar-refractivity contribution in [1.29, 1.82) is 0 Å². The van der Waals surface area contributed by atoms with E-state index in [4.69, 9.17) is 9.97 Å². The molecule has 0 aliphatic rings. The van der Waals surface area contributed by atoms with Gasteiger partial charge in [0.1, 0.15) is 0 Å². The molecule has 0 atom stereocenters. The van der Waals surface area contributed by atoms with Gasteiger partial charge in [-0.25, -0.2) is 9.97 Å². The van der Waals surface area contributed by atoms with Gasteiger partial charge in [0, 0.05) is 75.0 Å². The maximum atomic E-state index is 5.39. The molecule has 0 bridgehead atoms. The van der Waals surface area contributed by atoms with Gasteiger partial charge in [-0.3, -0.25) is 4.98 Å². The minimum absolute atomic E-state index is 0.677. The minimum atomic E-state index is 0.677. The number of hydrogen-bond donors (Lipinski definition) is 0. The van der Waals surface area contributed by atoms with Crippen molar-refractivity contribution in [2.75, 3.05) is 0 Å². The molecule has 0 unspecified atom stereocenters. The molecule has 11 aromatic rings. The van der Waals surface area contributed by atoms with E-state index >= 15 is 0 Å². The fourth-order valence-corrected chi connectivity index (χ4v) is 10.1. The van der Waals surface area contributed by atoms with Gasteiger partial charge in [0.2, 0.25) is 0 Å². The lowest BCUT2D eigenvalue weighted by molar-refractivity contribution is 1.18. The molecule has 4 aromatic heterocycles. The Balaban J connectivity index is 1.14. The first-order chi connectivity index (χ1) is 27.7. The Morgan fingerprint density at radius 3 is 1.50 bits per heavy atom. The molecule has 0 saturated carbocycles. The fourth-order valence-electron chi connectivity index (χ4n) is 7.85. The third-order valence-electron chi connectivity index (χ3n) is 10.6. The smallest absolute Gasteiger partial charge is 0.160 e. The zero-order valence-corrected chi connectivity index (χ0v) is 31.7. The van der Waals surface area contributed by atoms with Crippen LogP contribution in [0, 0.1) is 0 Å². The Morgan fingerprint density at radius 2 is 0.857 bits per heavy atom. The molecule has 0 N–H and O–H groups in total. The SMILES string of the molecule is c1ccc(-c2cc(-c3ccccc3-c3cccnc3)nc(-c3cc(-c4ccc5c(c4)sc4ccccc45)cc(-c4ccc5c(c4)sc4ccccc45)c3)n2)cc1. The van der Waals surface area contributed by atoms with Crippen LogP contribution in [-0.4, -0.2) is 15.0 Å². The molecule has 262 valence electrons. The zero-order valence-electron chi connectivity index (χ0n) is 30.1. The normalized spacial score (nSPS) is 11.6. The molecule has 0 spiro atoms. The molecule has 0 saturated heterocycles. The number of nitrogens with zero attached hydrogens (tertiary/aromatic N) is 3. The second-order valence-electron chi connectivity index (χ2n) is 14.0. The van der Waals surface area contributed by atoms with Crippen molar-refractivity contribution in [2.45, 2.75) is 0 Å². The van der Waals surface area contributed by atoms with Gasteiger partial charge < -0.3 is 0 Å². The van der Waals surface area contributed by atoms with Crippen LogP contribution in [0.15, 0.2) is 188 Å². The van der Waals surface area contributed by atoms with Crippen LogP contribution in [0.5, 0.6) is 0 Å². The van der Waals surface area contributed by atoms with Gasteiger partial charge >= 0.3 is 0 Å². The molecule has 0 aliphatic carbocycles. The van der Waals surface area contributed by atoms with Crippen LogP contribution in [0.1, 0.15) is 0 Å². The molecule has 0 aliphatic heterocycles. The van der Waals surface area contributed by atoms with E-state index in [1.165, 1.54) is 40.3 Å². The maximum absolute atomic E-state index is 5.39. The third kappa shape index (κ3) is 5.77. The molecule has 0 radical (unpaired) electrons. The predicted molar refractivity (Wildman–Crippen MR) is 238 cm³/mol. The molecular weight excluding hydrogens is 719 g/mol. The minimum Gasteiger partial charge on any atom is -0.264 e. The highest BCUT2D eigenvalue weighted by Crippen LogP contribution is 2.41. The van der Waals surface area contributed by atoms with Crippen LogP contribution >= 0.6 is 22.7 Å². The van der Waals surface area contributed by atoms with Crippen LogP contribution in [0.25, 0.3) is 108 Å². The van der Waals surface area contributed by atoms with E-state index in [1.54, 1.807) is 0 Å². The van der Waals surface area contributed by atoms with Gasteiger partial charge in [0.05, 0.1) is 11.4 Å². The Morgan fingerprint density at radius 1 is 0.321 bits per heavy atom. The van der Waals surface area contributed by atoms with E-state index in [1.807, 2.05) is 47.2 Å². The number of rotatable bonds is 6. The number of benzene rings is 7. The maximum Gasteiger partial charge on any atom is 0.160 e. The molecule has 5 heteroatoms. The number of pyridine rings is 1. The van der Waals surface area contributed by atoms with Gasteiger partial charge in [0.15, 0.2) is 5.82 Å². The summed E-state index contributed by atoms with van der Waals surface area (Å²) < 4.78 is 5.16.